The third-order valence-electron chi connectivity index (χ3n) is 4.87. The molecule has 0 aliphatic heterocycles. The molecule has 29 heavy (non-hydrogen) atoms. The molecule has 3 nitrogen and oxygen atoms in total. The molecule has 3 aromatic carbocycles. The standard InChI is InChI=1S/C24H16F2N2O/c25-18-7-3-5-15(11-18)23-24(16-6-4-8-19(26)12-16)29-22(28-23)13-17-14-27-21-10-2-1-9-20(17)21/h1-12,14,27H,13H2. The molecule has 0 unspecified atom stereocenters. The molecule has 0 atom stereocenters. The van der Waals surface area contributed by atoms with Crippen molar-refractivity contribution in [2.24, 2.45) is 0 Å². The van der Waals surface area contributed by atoms with E-state index in [0.717, 1.165) is 16.5 Å². The van der Waals surface area contributed by atoms with Gasteiger partial charge in [0.15, 0.2) is 11.7 Å². The minimum Gasteiger partial charge on any atom is -0.440 e. The van der Waals surface area contributed by atoms with Crippen molar-refractivity contribution in [1.29, 1.82) is 0 Å². The normalized spacial score (nSPS) is 11.2. The van der Waals surface area contributed by atoms with Crippen LogP contribution in [0.3, 0.4) is 0 Å². The maximum Gasteiger partial charge on any atom is 0.200 e. The number of fused-ring (bicyclic) bond motifs is 1. The Morgan fingerprint density at radius 2 is 1.55 bits per heavy atom. The lowest BCUT2D eigenvalue weighted by molar-refractivity contribution is 0.519. The predicted octanol–water partition coefficient (Wildman–Crippen LogP) is 6.36. The van der Waals surface area contributed by atoms with Gasteiger partial charge in [-0.25, -0.2) is 13.8 Å². The van der Waals surface area contributed by atoms with E-state index in [1.807, 2.05) is 30.5 Å². The molecule has 0 aliphatic carbocycles. The first kappa shape index (κ1) is 17.4. The molecule has 2 aromatic heterocycles. The highest BCUT2D eigenvalue weighted by atomic mass is 19.1. The van der Waals surface area contributed by atoms with E-state index < -0.39 is 0 Å². The Morgan fingerprint density at radius 1 is 0.828 bits per heavy atom. The highest BCUT2D eigenvalue weighted by molar-refractivity contribution is 5.83. The summed E-state index contributed by atoms with van der Waals surface area (Å²) < 4.78 is 33.7. The van der Waals surface area contributed by atoms with Gasteiger partial charge in [-0.2, -0.15) is 0 Å². The van der Waals surface area contributed by atoms with E-state index in [4.69, 9.17) is 4.42 Å². The SMILES string of the molecule is Fc1cccc(-c2nc(Cc3c[nH]c4ccccc34)oc2-c2cccc(F)c2)c1. The molecule has 0 aliphatic rings. The second-order valence-electron chi connectivity index (χ2n) is 6.84. The van der Waals surface area contributed by atoms with Gasteiger partial charge in [0.05, 0.1) is 6.42 Å². The van der Waals surface area contributed by atoms with Crippen LogP contribution in [0.2, 0.25) is 0 Å². The van der Waals surface area contributed by atoms with Crippen LogP contribution in [-0.4, -0.2) is 9.97 Å². The lowest BCUT2D eigenvalue weighted by Gasteiger charge is -2.02. The molecule has 0 saturated carbocycles. The summed E-state index contributed by atoms with van der Waals surface area (Å²) in [5.74, 6) is 0.161. The first-order valence-electron chi connectivity index (χ1n) is 9.24. The molecule has 0 fully saturated rings. The summed E-state index contributed by atoms with van der Waals surface area (Å²) in [5.41, 5.74) is 3.70. The zero-order valence-electron chi connectivity index (χ0n) is 15.3. The molecule has 0 saturated heterocycles. The van der Waals surface area contributed by atoms with Gasteiger partial charge >= 0.3 is 0 Å². The van der Waals surface area contributed by atoms with E-state index in [1.165, 1.54) is 24.3 Å². The summed E-state index contributed by atoms with van der Waals surface area (Å²) in [6, 6.07) is 20.3. The van der Waals surface area contributed by atoms with Crippen LogP contribution in [0.4, 0.5) is 8.78 Å². The molecule has 5 heteroatoms. The topological polar surface area (TPSA) is 41.8 Å². The predicted molar refractivity (Wildman–Crippen MR) is 108 cm³/mol. The monoisotopic (exact) mass is 386 g/mol. The van der Waals surface area contributed by atoms with E-state index in [1.54, 1.807) is 24.3 Å². The third kappa shape index (κ3) is 3.31. The quantitative estimate of drug-likeness (QED) is 0.390. The second kappa shape index (κ2) is 7.02. The fourth-order valence-electron chi connectivity index (χ4n) is 3.54. The maximum atomic E-state index is 13.8. The molecule has 5 aromatic rings. The molecule has 0 amide bonds. The number of para-hydroxylation sites is 1. The van der Waals surface area contributed by atoms with Crippen LogP contribution in [-0.2, 0) is 6.42 Å². The first-order valence-corrected chi connectivity index (χ1v) is 9.24. The van der Waals surface area contributed by atoms with E-state index in [0.29, 0.717) is 34.9 Å². The van der Waals surface area contributed by atoms with E-state index in [2.05, 4.69) is 9.97 Å². The van der Waals surface area contributed by atoms with E-state index in [-0.39, 0.29) is 11.6 Å². The maximum absolute atomic E-state index is 13.8. The lowest BCUT2D eigenvalue weighted by Crippen LogP contribution is -1.88. The Morgan fingerprint density at radius 3 is 2.34 bits per heavy atom. The number of aromatic amines is 1. The number of rotatable bonds is 4. The van der Waals surface area contributed by atoms with Crippen molar-refractivity contribution >= 4 is 10.9 Å². The summed E-state index contributed by atoms with van der Waals surface area (Å²) in [7, 11) is 0. The van der Waals surface area contributed by atoms with Crippen molar-refractivity contribution in [3.63, 3.8) is 0 Å². The molecule has 1 N–H and O–H groups in total. The van der Waals surface area contributed by atoms with Crippen molar-refractivity contribution in [2.75, 3.05) is 0 Å². The van der Waals surface area contributed by atoms with Crippen LogP contribution < -0.4 is 0 Å². The number of H-pyrrole nitrogens is 1. The minimum atomic E-state index is -0.373. The first-order chi connectivity index (χ1) is 14.2. The summed E-state index contributed by atoms with van der Waals surface area (Å²) in [5, 5.41) is 1.09. The van der Waals surface area contributed by atoms with Gasteiger partial charge in [-0.15, -0.1) is 0 Å². The minimum absolute atomic E-state index is 0.367. The largest absolute Gasteiger partial charge is 0.440 e. The van der Waals surface area contributed by atoms with E-state index in [9.17, 15) is 8.78 Å². The van der Waals surface area contributed by atoms with Crippen LogP contribution in [0.25, 0.3) is 33.5 Å². The van der Waals surface area contributed by atoms with Gasteiger partial charge in [0.1, 0.15) is 17.3 Å². The number of halogens is 2. The van der Waals surface area contributed by atoms with Crippen molar-refractivity contribution < 1.29 is 13.2 Å². The molecule has 5 rings (SSSR count). The number of benzene rings is 3. The summed E-state index contributed by atoms with van der Waals surface area (Å²) >= 11 is 0. The zero-order chi connectivity index (χ0) is 19.8. The second-order valence-corrected chi connectivity index (χ2v) is 6.84. The van der Waals surface area contributed by atoms with Crippen LogP contribution >= 0.6 is 0 Å². The molecule has 0 bridgehead atoms. The van der Waals surface area contributed by atoms with Crippen LogP contribution in [0.5, 0.6) is 0 Å². The molecular formula is C24H16F2N2O. The van der Waals surface area contributed by atoms with Gasteiger partial charge in [-0.05, 0) is 35.9 Å². The molecule has 0 spiro atoms. The van der Waals surface area contributed by atoms with Crippen molar-refractivity contribution in [3.8, 4) is 22.6 Å². The van der Waals surface area contributed by atoms with Gasteiger partial charge < -0.3 is 9.40 Å². The van der Waals surface area contributed by atoms with Gasteiger partial charge in [-0.3, -0.25) is 0 Å². The summed E-state index contributed by atoms with van der Waals surface area (Å²) in [6.45, 7) is 0. The fraction of sp³-hybridized carbons (Fsp3) is 0.0417. The van der Waals surface area contributed by atoms with E-state index >= 15 is 0 Å². The molecular weight excluding hydrogens is 370 g/mol. The number of hydrogen-bond donors (Lipinski definition) is 1. The van der Waals surface area contributed by atoms with Gasteiger partial charge in [-0.1, -0.05) is 42.5 Å². The Bertz CT molecular complexity index is 1260. The number of nitrogens with one attached hydrogen (secondary N) is 1. The summed E-state index contributed by atoms with van der Waals surface area (Å²) in [4.78, 5) is 7.88. The number of hydrogen-bond acceptors (Lipinski definition) is 2. The van der Waals surface area contributed by atoms with Gasteiger partial charge in [0.25, 0.3) is 0 Å². The van der Waals surface area contributed by atoms with Crippen molar-refractivity contribution in [3.05, 3.63) is 102 Å². The van der Waals surface area contributed by atoms with Gasteiger partial charge in [0.2, 0.25) is 0 Å². The van der Waals surface area contributed by atoms with Crippen LogP contribution in [0.1, 0.15) is 11.5 Å². The fourth-order valence-corrected chi connectivity index (χ4v) is 3.54. The number of oxazole rings is 1. The Hall–Kier alpha value is -3.73. The molecule has 2 heterocycles. The van der Waals surface area contributed by atoms with Gasteiger partial charge in [0, 0.05) is 28.2 Å². The average molecular weight is 386 g/mol. The Labute approximate surface area is 165 Å². The van der Waals surface area contributed by atoms with Crippen molar-refractivity contribution in [1.82, 2.24) is 9.97 Å². The summed E-state index contributed by atoms with van der Waals surface area (Å²) in [6.07, 6.45) is 2.39. The third-order valence-corrected chi connectivity index (χ3v) is 4.87. The average Bonchev–Trinajstić information content (AvgIpc) is 3.33. The highest BCUT2D eigenvalue weighted by Crippen LogP contribution is 2.34. The lowest BCUT2D eigenvalue weighted by atomic mass is 10.1. The Kier molecular flexibility index (Phi) is 4.21. The highest BCUT2D eigenvalue weighted by Gasteiger charge is 2.19. The molecule has 142 valence electrons. The van der Waals surface area contributed by atoms with Crippen LogP contribution in [0.15, 0.2) is 83.4 Å². The zero-order valence-corrected chi connectivity index (χ0v) is 15.3. The molecule has 0 radical (unpaired) electrons. The van der Waals surface area contributed by atoms with Crippen molar-refractivity contribution in [2.45, 2.75) is 6.42 Å². The number of nitrogens with zero attached hydrogens (tertiary/aromatic N) is 1. The Balaban J connectivity index is 1.63. The number of aromatic nitrogens is 2. The smallest absolute Gasteiger partial charge is 0.200 e. The van der Waals surface area contributed by atoms with Crippen LogP contribution in [0, 0.1) is 11.6 Å².